The number of amides is 2. The number of halogens is 2. The molecule has 0 heterocycles. The van der Waals surface area contributed by atoms with E-state index in [9.17, 15) is 18.0 Å². The lowest BCUT2D eigenvalue weighted by atomic mass is 10.1. The van der Waals surface area contributed by atoms with Gasteiger partial charge in [0.2, 0.25) is 21.8 Å². The van der Waals surface area contributed by atoms with Crippen molar-refractivity contribution in [3.8, 4) is 11.5 Å². The van der Waals surface area contributed by atoms with Crippen LogP contribution in [0.4, 0.5) is 5.69 Å². The molecule has 0 radical (unpaired) electrons. The van der Waals surface area contributed by atoms with Crippen molar-refractivity contribution in [2.24, 2.45) is 0 Å². The van der Waals surface area contributed by atoms with Crippen LogP contribution in [0.25, 0.3) is 0 Å². The van der Waals surface area contributed by atoms with E-state index in [1.54, 1.807) is 24.3 Å². The van der Waals surface area contributed by atoms with Crippen molar-refractivity contribution in [3.05, 3.63) is 52.0 Å². The van der Waals surface area contributed by atoms with E-state index in [2.05, 4.69) is 5.32 Å². The summed E-state index contributed by atoms with van der Waals surface area (Å²) in [6.45, 7) is 1.33. The number of nitrogens with one attached hydrogen (secondary N) is 1. The standard InChI is InChI=1S/C27H35Cl2N3O6S/c1-5-23(27(34)30-19-8-6-7-9-19)31(16-18-10-12-21(28)22(29)14-18)26(33)17-32(39(4,35)36)20-11-13-24(37-2)25(15-20)38-3/h10-15,19,23H,5-9,16-17H2,1-4H3,(H,30,34)/t23-/m1/s1. The second-order valence-electron chi connectivity index (χ2n) is 9.49. The lowest BCUT2D eigenvalue weighted by molar-refractivity contribution is -0.140. The van der Waals surface area contributed by atoms with Gasteiger partial charge in [0.1, 0.15) is 12.6 Å². The van der Waals surface area contributed by atoms with Crippen molar-refractivity contribution < 1.29 is 27.5 Å². The lowest BCUT2D eigenvalue weighted by Gasteiger charge is -2.33. The fourth-order valence-electron chi connectivity index (χ4n) is 4.72. The summed E-state index contributed by atoms with van der Waals surface area (Å²) >= 11 is 12.3. The van der Waals surface area contributed by atoms with Gasteiger partial charge in [-0.2, -0.15) is 0 Å². The van der Waals surface area contributed by atoms with Crippen molar-refractivity contribution >= 4 is 50.7 Å². The van der Waals surface area contributed by atoms with Crippen molar-refractivity contribution in [1.82, 2.24) is 10.2 Å². The molecular weight excluding hydrogens is 565 g/mol. The Morgan fingerprint density at radius 3 is 2.26 bits per heavy atom. The molecule has 2 amide bonds. The van der Waals surface area contributed by atoms with E-state index >= 15 is 0 Å². The third kappa shape index (κ3) is 7.93. The van der Waals surface area contributed by atoms with Gasteiger partial charge in [0.15, 0.2) is 11.5 Å². The zero-order chi connectivity index (χ0) is 28.7. The Hall–Kier alpha value is -2.69. The smallest absolute Gasteiger partial charge is 0.244 e. The molecule has 0 unspecified atom stereocenters. The number of sulfonamides is 1. The molecule has 2 aromatic carbocycles. The number of nitrogens with zero attached hydrogens (tertiary/aromatic N) is 2. The van der Waals surface area contributed by atoms with Gasteiger partial charge >= 0.3 is 0 Å². The van der Waals surface area contributed by atoms with E-state index in [1.165, 1.54) is 31.3 Å². The zero-order valence-electron chi connectivity index (χ0n) is 22.6. The minimum absolute atomic E-state index is 0.0376. The Morgan fingerprint density at radius 2 is 1.69 bits per heavy atom. The summed E-state index contributed by atoms with van der Waals surface area (Å²) in [6.07, 6.45) is 5.23. The van der Waals surface area contributed by atoms with Crippen molar-refractivity contribution in [3.63, 3.8) is 0 Å². The summed E-state index contributed by atoms with van der Waals surface area (Å²) in [5.74, 6) is -0.0902. The maximum atomic E-state index is 13.9. The highest BCUT2D eigenvalue weighted by atomic mass is 35.5. The van der Waals surface area contributed by atoms with Crippen LogP contribution in [0, 0.1) is 0 Å². The minimum atomic E-state index is -3.90. The summed E-state index contributed by atoms with van der Waals surface area (Å²) in [5, 5.41) is 3.75. The summed E-state index contributed by atoms with van der Waals surface area (Å²) < 4.78 is 37.3. The number of rotatable bonds is 12. The van der Waals surface area contributed by atoms with Gasteiger partial charge in [0, 0.05) is 18.7 Å². The topological polar surface area (TPSA) is 105 Å². The van der Waals surface area contributed by atoms with Crippen LogP contribution in [-0.4, -0.2) is 64.2 Å². The van der Waals surface area contributed by atoms with Gasteiger partial charge in [-0.3, -0.25) is 13.9 Å². The van der Waals surface area contributed by atoms with Crippen LogP contribution >= 0.6 is 23.2 Å². The van der Waals surface area contributed by atoms with Gasteiger partial charge in [-0.05, 0) is 49.1 Å². The third-order valence-electron chi connectivity index (χ3n) is 6.76. The number of ether oxygens (including phenoxy) is 2. The fraction of sp³-hybridized carbons (Fsp3) is 0.481. The maximum Gasteiger partial charge on any atom is 0.244 e. The first-order chi connectivity index (χ1) is 18.5. The van der Waals surface area contributed by atoms with E-state index in [0.29, 0.717) is 33.5 Å². The molecule has 39 heavy (non-hydrogen) atoms. The van der Waals surface area contributed by atoms with Crippen LogP contribution in [0.5, 0.6) is 11.5 Å². The number of hydrogen-bond acceptors (Lipinski definition) is 6. The lowest BCUT2D eigenvalue weighted by Crippen LogP contribution is -2.53. The van der Waals surface area contributed by atoms with E-state index in [4.69, 9.17) is 32.7 Å². The van der Waals surface area contributed by atoms with Gasteiger partial charge in [-0.25, -0.2) is 8.42 Å². The molecule has 0 saturated heterocycles. The van der Waals surface area contributed by atoms with Gasteiger partial charge < -0.3 is 19.7 Å². The molecule has 1 fully saturated rings. The molecule has 12 heteroatoms. The highest BCUT2D eigenvalue weighted by molar-refractivity contribution is 7.92. The Bertz CT molecular complexity index is 1280. The van der Waals surface area contributed by atoms with Crippen LogP contribution in [0.15, 0.2) is 36.4 Å². The van der Waals surface area contributed by atoms with Crippen molar-refractivity contribution in [2.75, 3.05) is 31.3 Å². The van der Waals surface area contributed by atoms with Crippen molar-refractivity contribution in [2.45, 2.75) is 57.7 Å². The first-order valence-corrected chi connectivity index (χ1v) is 15.3. The molecule has 0 spiro atoms. The number of anilines is 1. The number of methoxy groups -OCH3 is 2. The molecule has 1 N–H and O–H groups in total. The molecule has 0 bridgehead atoms. The minimum Gasteiger partial charge on any atom is -0.493 e. The molecule has 1 aliphatic carbocycles. The zero-order valence-corrected chi connectivity index (χ0v) is 24.9. The highest BCUT2D eigenvalue weighted by Crippen LogP contribution is 2.33. The normalized spacial score (nSPS) is 14.5. The molecule has 0 aliphatic heterocycles. The quantitative estimate of drug-likeness (QED) is 0.381. The van der Waals surface area contributed by atoms with Crippen LogP contribution in [0.3, 0.4) is 0 Å². The van der Waals surface area contributed by atoms with Crippen LogP contribution in [-0.2, 0) is 26.2 Å². The number of hydrogen-bond donors (Lipinski definition) is 1. The molecular formula is C27H35Cl2N3O6S. The second-order valence-corrected chi connectivity index (χ2v) is 12.2. The predicted octanol–water partition coefficient (Wildman–Crippen LogP) is 4.64. The Morgan fingerprint density at radius 1 is 1.03 bits per heavy atom. The van der Waals surface area contributed by atoms with E-state index < -0.39 is 28.5 Å². The molecule has 3 rings (SSSR count). The Balaban J connectivity index is 1.97. The largest absolute Gasteiger partial charge is 0.493 e. The summed E-state index contributed by atoms with van der Waals surface area (Å²) in [4.78, 5) is 28.7. The molecule has 9 nitrogen and oxygen atoms in total. The van der Waals surface area contributed by atoms with E-state index in [1.807, 2.05) is 6.92 Å². The number of benzene rings is 2. The van der Waals surface area contributed by atoms with Crippen LogP contribution in [0.2, 0.25) is 10.0 Å². The first kappa shape index (κ1) is 30.8. The summed E-state index contributed by atoms with van der Waals surface area (Å²) in [5.41, 5.74) is 0.878. The molecule has 1 aliphatic rings. The van der Waals surface area contributed by atoms with Gasteiger partial charge in [0.25, 0.3) is 0 Å². The first-order valence-electron chi connectivity index (χ1n) is 12.7. The molecule has 214 valence electrons. The van der Waals surface area contributed by atoms with Gasteiger partial charge in [-0.15, -0.1) is 0 Å². The van der Waals surface area contributed by atoms with Crippen LogP contribution in [0.1, 0.15) is 44.6 Å². The summed E-state index contributed by atoms with van der Waals surface area (Å²) in [7, 11) is -0.991. The second kappa shape index (κ2) is 13.6. The maximum absolute atomic E-state index is 13.9. The summed E-state index contributed by atoms with van der Waals surface area (Å²) in [6, 6.07) is 8.80. The number of carbonyl (C=O) groups excluding carboxylic acids is 2. The molecule has 2 aromatic rings. The van der Waals surface area contributed by atoms with E-state index in [-0.39, 0.29) is 24.2 Å². The average Bonchev–Trinajstić information content (AvgIpc) is 3.41. The molecule has 1 saturated carbocycles. The van der Waals surface area contributed by atoms with Crippen molar-refractivity contribution in [1.29, 1.82) is 0 Å². The third-order valence-corrected chi connectivity index (χ3v) is 8.64. The monoisotopic (exact) mass is 599 g/mol. The molecule has 1 atom stereocenters. The SMILES string of the molecule is CC[C@H](C(=O)NC1CCCC1)N(Cc1ccc(Cl)c(Cl)c1)C(=O)CN(c1ccc(OC)c(OC)c1)S(C)(=O)=O. The van der Waals surface area contributed by atoms with Crippen LogP contribution < -0.4 is 19.1 Å². The Kier molecular flexibility index (Phi) is 10.7. The predicted molar refractivity (Wildman–Crippen MR) is 153 cm³/mol. The number of carbonyl (C=O) groups is 2. The highest BCUT2D eigenvalue weighted by Gasteiger charge is 2.33. The van der Waals surface area contributed by atoms with Gasteiger partial charge in [0.05, 0.1) is 36.2 Å². The fourth-order valence-corrected chi connectivity index (χ4v) is 5.88. The van der Waals surface area contributed by atoms with E-state index in [0.717, 1.165) is 36.2 Å². The average molecular weight is 601 g/mol. The van der Waals surface area contributed by atoms with Gasteiger partial charge in [-0.1, -0.05) is 49.0 Å². The Labute approximate surface area is 240 Å². The molecule has 0 aromatic heterocycles.